The summed E-state index contributed by atoms with van der Waals surface area (Å²) < 4.78 is 30.7. The number of rotatable bonds is 4. The highest BCUT2D eigenvalue weighted by Crippen LogP contribution is 2.17. The summed E-state index contributed by atoms with van der Waals surface area (Å²) in [6, 6.07) is 6.14. The van der Waals surface area contributed by atoms with Crippen LogP contribution in [0.4, 0.5) is 0 Å². The largest absolute Gasteiger partial charge is 0.494 e. The van der Waals surface area contributed by atoms with E-state index < -0.39 is 10.3 Å². The van der Waals surface area contributed by atoms with Crippen molar-refractivity contribution in [1.29, 1.82) is 0 Å². The second-order valence-corrected chi connectivity index (χ2v) is 3.63. The molecule has 1 aromatic rings. The fourth-order valence-corrected chi connectivity index (χ4v) is 1.27. The van der Waals surface area contributed by atoms with E-state index in [0.29, 0.717) is 12.4 Å². The molecule has 6 heteroatoms. The van der Waals surface area contributed by atoms with Crippen molar-refractivity contribution in [3.8, 4) is 11.5 Å². The van der Waals surface area contributed by atoms with E-state index in [2.05, 4.69) is 9.32 Å². The molecule has 0 aliphatic rings. The smallest absolute Gasteiger partial charge is 0.380 e. The molecule has 78 valence electrons. The number of hydrogen-bond donors (Lipinski definition) is 1. The lowest BCUT2D eigenvalue weighted by Crippen LogP contribution is -2.18. The molecule has 0 atom stereocenters. The van der Waals surface area contributed by atoms with Crippen LogP contribution in [0.15, 0.2) is 24.3 Å². The van der Waals surface area contributed by atoms with Crippen molar-refractivity contribution in [2.75, 3.05) is 6.61 Å². The average molecular weight is 217 g/mol. The zero-order valence-corrected chi connectivity index (χ0v) is 8.45. The first-order valence-electron chi connectivity index (χ1n) is 3.96. The SMILES string of the molecule is CCOc1ccc(OS(N)(=O)=O)cc1. The first kappa shape index (κ1) is 10.8. The molecule has 0 unspecified atom stereocenters. The molecule has 0 amide bonds. The van der Waals surface area contributed by atoms with Gasteiger partial charge in [-0.1, -0.05) is 0 Å². The van der Waals surface area contributed by atoms with E-state index in [0.717, 1.165) is 0 Å². The Bertz CT molecular complexity index is 384. The Kier molecular flexibility index (Phi) is 3.32. The van der Waals surface area contributed by atoms with Crippen molar-refractivity contribution in [2.45, 2.75) is 6.92 Å². The van der Waals surface area contributed by atoms with Gasteiger partial charge in [-0.15, -0.1) is 0 Å². The van der Waals surface area contributed by atoms with Crippen LogP contribution in [0.3, 0.4) is 0 Å². The van der Waals surface area contributed by atoms with Gasteiger partial charge >= 0.3 is 10.3 Å². The number of benzene rings is 1. The summed E-state index contributed by atoms with van der Waals surface area (Å²) in [6.45, 7) is 2.41. The van der Waals surface area contributed by atoms with Gasteiger partial charge in [-0.05, 0) is 31.2 Å². The molecule has 0 heterocycles. The van der Waals surface area contributed by atoms with Crippen molar-refractivity contribution in [1.82, 2.24) is 0 Å². The predicted octanol–water partition coefficient (Wildman–Crippen LogP) is 0.668. The Morgan fingerprint density at radius 1 is 1.21 bits per heavy atom. The molecule has 5 nitrogen and oxygen atoms in total. The maximum Gasteiger partial charge on any atom is 0.380 e. The summed E-state index contributed by atoms with van der Waals surface area (Å²) in [7, 11) is -3.94. The first-order valence-corrected chi connectivity index (χ1v) is 5.43. The molecule has 0 aliphatic carbocycles. The Balaban J connectivity index is 2.74. The average Bonchev–Trinajstić information content (AvgIpc) is 2.06. The van der Waals surface area contributed by atoms with E-state index >= 15 is 0 Å². The fourth-order valence-electron chi connectivity index (χ4n) is 0.892. The molecule has 0 aliphatic heterocycles. The molecular formula is C8H11NO4S. The molecule has 0 radical (unpaired) electrons. The minimum atomic E-state index is -3.94. The lowest BCUT2D eigenvalue weighted by Gasteiger charge is -2.04. The second-order valence-electron chi connectivity index (χ2n) is 2.48. The number of nitrogens with two attached hydrogens (primary N) is 1. The summed E-state index contributed by atoms with van der Waals surface area (Å²) in [6.07, 6.45) is 0. The van der Waals surface area contributed by atoms with Crippen molar-refractivity contribution in [3.05, 3.63) is 24.3 Å². The van der Waals surface area contributed by atoms with Gasteiger partial charge in [-0.25, -0.2) is 0 Å². The predicted molar refractivity (Wildman–Crippen MR) is 51.3 cm³/mol. The van der Waals surface area contributed by atoms with Gasteiger partial charge in [0.15, 0.2) is 0 Å². The van der Waals surface area contributed by atoms with Gasteiger partial charge in [0.1, 0.15) is 11.5 Å². The zero-order valence-electron chi connectivity index (χ0n) is 7.64. The molecule has 0 saturated heterocycles. The maximum absolute atomic E-state index is 10.5. The van der Waals surface area contributed by atoms with E-state index in [1.54, 1.807) is 12.1 Å². The monoisotopic (exact) mass is 217 g/mol. The Hall–Kier alpha value is -1.27. The summed E-state index contributed by atoms with van der Waals surface area (Å²) in [4.78, 5) is 0. The van der Waals surface area contributed by atoms with Gasteiger partial charge in [-0.2, -0.15) is 13.6 Å². The Labute approximate surface area is 82.7 Å². The minimum Gasteiger partial charge on any atom is -0.494 e. The molecule has 1 rings (SSSR count). The lowest BCUT2D eigenvalue weighted by atomic mass is 10.3. The normalized spacial score (nSPS) is 11.0. The highest BCUT2D eigenvalue weighted by Gasteiger charge is 2.04. The maximum atomic E-state index is 10.5. The van der Waals surface area contributed by atoms with Crippen LogP contribution in [0.5, 0.6) is 11.5 Å². The van der Waals surface area contributed by atoms with E-state index in [9.17, 15) is 8.42 Å². The molecule has 0 bridgehead atoms. The van der Waals surface area contributed by atoms with Crippen LogP contribution >= 0.6 is 0 Å². The fraction of sp³-hybridized carbons (Fsp3) is 0.250. The van der Waals surface area contributed by atoms with Gasteiger partial charge in [0.2, 0.25) is 0 Å². The molecule has 1 aromatic carbocycles. The topological polar surface area (TPSA) is 78.6 Å². The van der Waals surface area contributed by atoms with Crippen molar-refractivity contribution < 1.29 is 17.3 Å². The second kappa shape index (κ2) is 4.30. The van der Waals surface area contributed by atoms with Crippen molar-refractivity contribution in [3.63, 3.8) is 0 Å². The molecule has 14 heavy (non-hydrogen) atoms. The summed E-state index contributed by atoms with van der Waals surface area (Å²) in [5.41, 5.74) is 0. The van der Waals surface area contributed by atoms with E-state index in [-0.39, 0.29) is 5.75 Å². The van der Waals surface area contributed by atoms with E-state index in [1.807, 2.05) is 6.92 Å². The van der Waals surface area contributed by atoms with Gasteiger partial charge in [0, 0.05) is 0 Å². The highest BCUT2D eigenvalue weighted by molar-refractivity contribution is 7.84. The third-order valence-corrected chi connectivity index (χ3v) is 1.77. The van der Waals surface area contributed by atoms with Gasteiger partial charge < -0.3 is 8.92 Å². The minimum absolute atomic E-state index is 0.163. The van der Waals surface area contributed by atoms with Gasteiger partial charge in [0.25, 0.3) is 0 Å². The summed E-state index contributed by atoms with van der Waals surface area (Å²) in [5.74, 6) is 0.810. The third-order valence-electron chi connectivity index (χ3n) is 1.35. The van der Waals surface area contributed by atoms with Crippen LogP contribution in [-0.2, 0) is 10.3 Å². The van der Waals surface area contributed by atoms with Crippen LogP contribution in [0, 0.1) is 0 Å². The molecule has 0 saturated carbocycles. The van der Waals surface area contributed by atoms with Crippen LogP contribution in [-0.4, -0.2) is 15.0 Å². The van der Waals surface area contributed by atoms with Crippen molar-refractivity contribution >= 4 is 10.3 Å². The lowest BCUT2D eigenvalue weighted by molar-refractivity contribution is 0.340. The zero-order chi connectivity index (χ0) is 10.6. The molecule has 2 N–H and O–H groups in total. The standard InChI is InChI=1S/C8H11NO4S/c1-2-12-7-3-5-8(6-4-7)13-14(9,10)11/h3-6H,2H2,1H3,(H2,9,10,11). The summed E-state index contributed by atoms with van der Waals surface area (Å²) >= 11 is 0. The number of hydrogen-bond acceptors (Lipinski definition) is 4. The van der Waals surface area contributed by atoms with E-state index in [4.69, 9.17) is 4.74 Å². The highest BCUT2D eigenvalue weighted by atomic mass is 32.2. The van der Waals surface area contributed by atoms with Gasteiger partial charge in [0.05, 0.1) is 6.61 Å². The van der Waals surface area contributed by atoms with Crippen LogP contribution in [0.2, 0.25) is 0 Å². The van der Waals surface area contributed by atoms with Crippen LogP contribution in [0.1, 0.15) is 6.92 Å². The molecule has 0 aromatic heterocycles. The Morgan fingerprint density at radius 3 is 2.14 bits per heavy atom. The Morgan fingerprint density at radius 2 is 1.71 bits per heavy atom. The third kappa shape index (κ3) is 3.63. The quantitative estimate of drug-likeness (QED) is 0.803. The van der Waals surface area contributed by atoms with Crippen LogP contribution in [0.25, 0.3) is 0 Å². The molecule has 0 fully saturated rings. The molecule has 0 spiro atoms. The number of ether oxygens (including phenoxy) is 1. The first-order chi connectivity index (χ1) is 6.51. The summed E-state index contributed by atoms with van der Waals surface area (Å²) in [5, 5.41) is 4.68. The van der Waals surface area contributed by atoms with E-state index in [1.165, 1.54) is 12.1 Å². The molecular weight excluding hydrogens is 206 g/mol. The van der Waals surface area contributed by atoms with Crippen LogP contribution < -0.4 is 14.1 Å². The van der Waals surface area contributed by atoms with Crippen molar-refractivity contribution in [2.24, 2.45) is 5.14 Å². The van der Waals surface area contributed by atoms with Gasteiger partial charge in [-0.3, -0.25) is 0 Å².